The predicted molar refractivity (Wildman–Crippen MR) is 79.4 cm³/mol. The highest BCUT2D eigenvalue weighted by molar-refractivity contribution is 9.11. The van der Waals surface area contributed by atoms with Crippen LogP contribution >= 0.6 is 27.3 Å². The minimum Gasteiger partial charge on any atom is -0.508 e. The summed E-state index contributed by atoms with van der Waals surface area (Å²) in [5, 5.41) is 18.9. The van der Waals surface area contributed by atoms with Gasteiger partial charge in [-0.25, -0.2) is 0 Å². The first-order valence-corrected chi connectivity index (χ1v) is 7.37. The highest BCUT2D eigenvalue weighted by Crippen LogP contribution is 2.45. The molecule has 2 heterocycles. The number of aromatic hydroxyl groups is 1. The summed E-state index contributed by atoms with van der Waals surface area (Å²) in [5.41, 5.74) is 7.04. The number of hydrogen-bond acceptors (Lipinski definition) is 5. The van der Waals surface area contributed by atoms with E-state index in [1.54, 1.807) is 23.5 Å². The average Bonchev–Trinajstić information content (AvgIpc) is 2.83. The number of nitriles is 1. The molecule has 0 amide bonds. The number of thiophene rings is 1. The summed E-state index contributed by atoms with van der Waals surface area (Å²) in [5.74, 6) is 0.403. The normalized spacial score (nSPS) is 17.3. The minimum absolute atomic E-state index is 0.0834. The molecule has 1 aliphatic heterocycles. The lowest BCUT2D eigenvalue weighted by atomic mass is 9.88. The Morgan fingerprint density at radius 1 is 1.35 bits per heavy atom. The van der Waals surface area contributed by atoms with E-state index in [1.807, 2.05) is 12.1 Å². The molecule has 0 radical (unpaired) electrons. The standard InChI is InChI=1S/C14H9BrN2O2S/c15-12-4-3-11(20-12)13-8-2-1-7(18)5-10(8)19-14(17)9(13)6-16/h1-5,13,18H,17H2/t13-/m0/s1. The van der Waals surface area contributed by atoms with Gasteiger partial charge >= 0.3 is 0 Å². The monoisotopic (exact) mass is 348 g/mol. The number of nitrogens with two attached hydrogens (primary N) is 1. The summed E-state index contributed by atoms with van der Waals surface area (Å²) in [7, 11) is 0. The largest absolute Gasteiger partial charge is 0.508 e. The Kier molecular flexibility index (Phi) is 3.16. The predicted octanol–water partition coefficient (Wildman–Crippen LogP) is 3.43. The molecule has 0 spiro atoms. The van der Waals surface area contributed by atoms with Crippen LogP contribution in [0.15, 0.2) is 45.6 Å². The number of ether oxygens (including phenoxy) is 1. The van der Waals surface area contributed by atoms with E-state index >= 15 is 0 Å². The highest BCUT2D eigenvalue weighted by atomic mass is 79.9. The van der Waals surface area contributed by atoms with Gasteiger partial charge in [-0.05, 0) is 34.1 Å². The molecule has 3 rings (SSSR count). The second-order valence-electron chi connectivity index (χ2n) is 4.29. The summed E-state index contributed by atoms with van der Waals surface area (Å²) in [4.78, 5) is 0.992. The molecule has 1 aromatic heterocycles. The zero-order chi connectivity index (χ0) is 14.3. The lowest BCUT2D eigenvalue weighted by Gasteiger charge is -2.25. The van der Waals surface area contributed by atoms with Crippen molar-refractivity contribution in [2.45, 2.75) is 5.92 Å². The van der Waals surface area contributed by atoms with Crippen molar-refractivity contribution in [3.63, 3.8) is 0 Å². The molecule has 0 bridgehead atoms. The number of phenols is 1. The number of rotatable bonds is 1. The van der Waals surface area contributed by atoms with E-state index in [0.29, 0.717) is 11.3 Å². The van der Waals surface area contributed by atoms with Crippen LogP contribution < -0.4 is 10.5 Å². The van der Waals surface area contributed by atoms with Crippen molar-refractivity contribution in [1.82, 2.24) is 0 Å². The lowest BCUT2D eigenvalue weighted by molar-refractivity contribution is 0.388. The number of fused-ring (bicyclic) bond motifs is 1. The van der Waals surface area contributed by atoms with Crippen LogP contribution in [0.5, 0.6) is 11.5 Å². The maximum absolute atomic E-state index is 9.55. The van der Waals surface area contributed by atoms with Crippen LogP contribution in [0.3, 0.4) is 0 Å². The molecule has 1 aliphatic rings. The van der Waals surface area contributed by atoms with Crippen molar-refractivity contribution in [2.75, 3.05) is 0 Å². The van der Waals surface area contributed by atoms with E-state index in [-0.39, 0.29) is 17.6 Å². The van der Waals surface area contributed by atoms with Crippen molar-refractivity contribution < 1.29 is 9.84 Å². The van der Waals surface area contributed by atoms with Crippen LogP contribution in [0, 0.1) is 11.3 Å². The lowest BCUT2D eigenvalue weighted by Crippen LogP contribution is -2.20. The Morgan fingerprint density at radius 2 is 2.15 bits per heavy atom. The van der Waals surface area contributed by atoms with Gasteiger partial charge in [0.25, 0.3) is 0 Å². The van der Waals surface area contributed by atoms with Crippen molar-refractivity contribution in [3.05, 3.63) is 56.0 Å². The van der Waals surface area contributed by atoms with Crippen LogP contribution in [0.1, 0.15) is 16.4 Å². The summed E-state index contributed by atoms with van der Waals surface area (Å²) < 4.78 is 6.42. The molecular weight excluding hydrogens is 340 g/mol. The van der Waals surface area contributed by atoms with Gasteiger partial charge in [0.2, 0.25) is 5.88 Å². The smallest absolute Gasteiger partial charge is 0.205 e. The first-order chi connectivity index (χ1) is 9.60. The van der Waals surface area contributed by atoms with E-state index in [0.717, 1.165) is 14.2 Å². The molecule has 1 aromatic carbocycles. The quantitative estimate of drug-likeness (QED) is 0.827. The number of hydrogen-bond donors (Lipinski definition) is 2. The maximum atomic E-state index is 9.55. The number of phenolic OH excluding ortho intramolecular Hbond substituents is 1. The van der Waals surface area contributed by atoms with Gasteiger partial charge in [0.1, 0.15) is 23.1 Å². The molecule has 20 heavy (non-hydrogen) atoms. The third-order valence-corrected chi connectivity index (χ3v) is 4.77. The van der Waals surface area contributed by atoms with Crippen LogP contribution in [-0.4, -0.2) is 5.11 Å². The van der Waals surface area contributed by atoms with E-state index < -0.39 is 0 Å². The van der Waals surface area contributed by atoms with Gasteiger partial charge in [-0.1, -0.05) is 6.07 Å². The first-order valence-electron chi connectivity index (χ1n) is 5.76. The van der Waals surface area contributed by atoms with Gasteiger partial charge in [-0.15, -0.1) is 11.3 Å². The molecule has 3 N–H and O–H groups in total. The minimum atomic E-state index is -0.263. The first kappa shape index (κ1) is 13.0. The SMILES string of the molecule is N#CC1=C(N)Oc2cc(O)ccc2[C@@H]1c1ccc(Br)s1. The van der Waals surface area contributed by atoms with Crippen molar-refractivity contribution >= 4 is 27.3 Å². The molecule has 1 atom stereocenters. The Balaban J connectivity index is 2.22. The van der Waals surface area contributed by atoms with E-state index in [1.165, 1.54) is 6.07 Å². The molecule has 100 valence electrons. The van der Waals surface area contributed by atoms with Crippen molar-refractivity contribution in [1.29, 1.82) is 5.26 Å². The third kappa shape index (κ3) is 2.05. The maximum Gasteiger partial charge on any atom is 0.205 e. The highest BCUT2D eigenvalue weighted by Gasteiger charge is 2.31. The number of halogens is 1. The zero-order valence-electron chi connectivity index (χ0n) is 10.1. The molecule has 0 aliphatic carbocycles. The average molecular weight is 349 g/mol. The number of allylic oxidation sites excluding steroid dienone is 1. The van der Waals surface area contributed by atoms with Gasteiger partial charge in [0.05, 0.1) is 9.70 Å². The molecule has 4 nitrogen and oxygen atoms in total. The Hall–Kier alpha value is -1.97. The fourth-order valence-electron chi connectivity index (χ4n) is 2.22. The number of benzene rings is 1. The fourth-order valence-corrected chi connectivity index (χ4v) is 3.77. The topological polar surface area (TPSA) is 79.3 Å². The van der Waals surface area contributed by atoms with Crippen molar-refractivity contribution in [2.24, 2.45) is 5.73 Å². The summed E-state index contributed by atoms with van der Waals surface area (Å²) in [6, 6.07) is 10.8. The molecule has 2 aromatic rings. The van der Waals surface area contributed by atoms with Crippen LogP contribution in [-0.2, 0) is 0 Å². The Bertz CT molecular complexity index is 761. The molecule has 0 saturated heterocycles. The molecule has 0 saturated carbocycles. The van der Waals surface area contributed by atoms with Gasteiger partial charge in [-0.3, -0.25) is 0 Å². The van der Waals surface area contributed by atoms with Crippen LogP contribution in [0.25, 0.3) is 0 Å². The van der Waals surface area contributed by atoms with Crippen LogP contribution in [0.2, 0.25) is 0 Å². The van der Waals surface area contributed by atoms with Crippen LogP contribution in [0.4, 0.5) is 0 Å². The third-order valence-electron chi connectivity index (χ3n) is 3.08. The number of nitrogens with zero attached hydrogens (tertiary/aromatic N) is 1. The Morgan fingerprint density at radius 3 is 2.80 bits per heavy atom. The molecule has 0 fully saturated rings. The summed E-state index contributed by atoms with van der Waals surface area (Å²) in [6.07, 6.45) is 0. The van der Waals surface area contributed by atoms with Gasteiger partial charge in [0, 0.05) is 16.5 Å². The Labute approximate surface area is 127 Å². The second kappa shape index (κ2) is 4.85. The molecule has 6 heteroatoms. The molecule has 0 unspecified atom stereocenters. The van der Waals surface area contributed by atoms with Gasteiger partial charge < -0.3 is 15.6 Å². The zero-order valence-corrected chi connectivity index (χ0v) is 12.5. The summed E-state index contributed by atoms with van der Waals surface area (Å²) >= 11 is 4.97. The van der Waals surface area contributed by atoms with E-state index in [9.17, 15) is 10.4 Å². The summed E-state index contributed by atoms with van der Waals surface area (Å²) in [6.45, 7) is 0. The van der Waals surface area contributed by atoms with E-state index in [4.69, 9.17) is 10.5 Å². The molecular formula is C14H9BrN2O2S. The van der Waals surface area contributed by atoms with Crippen molar-refractivity contribution in [3.8, 4) is 17.6 Å². The second-order valence-corrected chi connectivity index (χ2v) is 6.78. The fraction of sp³-hybridized carbons (Fsp3) is 0.0714. The van der Waals surface area contributed by atoms with Gasteiger partial charge in [0.15, 0.2) is 0 Å². The van der Waals surface area contributed by atoms with E-state index in [2.05, 4.69) is 22.0 Å². The van der Waals surface area contributed by atoms with Gasteiger partial charge in [-0.2, -0.15) is 5.26 Å².